The maximum Gasteiger partial charge on any atom is 0.0624 e. The Morgan fingerprint density at radius 3 is 2.18 bits per heavy atom. The van der Waals surface area contributed by atoms with Crippen LogP contribution < -0.4 is 0 Å². The molecule has 1 N–H and O–H groups in total. The minimum absolute atomic E-state index is 0.0405. The van der Waals surface area contributed by atoms with E-state index in [2.05, 4.69) is 20.8 Å². The van der Waals surface area contributed by atoms with E-state index < -0.39 is 0 Å². The zero-order chi connectivity index (χ0) is 8.28. The lowest BCUT2D eigenvalue weighted by atomic mass is 9.65. The molecule has 0 saturated heterocycles. The van der Waals surface area contributed by atoms with Gasteiger partial charge in [-0.3, -0.25) is 0 Å². The molecule has 0 amide bonds. The summed E-state index contributed by atoms with van der Waals surface area (Å²) in [5, 5.41) is 9.91. The summed E-state index contributed by atoms with van der Waals surface area (Å²) in [6.45, 7) is 6.77. The van der Waals surface area contributed by atoms with E-state index in [0.29, 0.717) is 11.3 Å². The summed E-state index contributed by atoms with van der Waals surface area (Å²) in [6.07, 6.45) is 3.78. The molecule has 0 radical (unpaired) electrons. The molecule has 1 nitrogen and oxygen atoms in total. The zero-order valence-corrected chi connectivity index (χ0v) is 7.72. The van der Waals surface area contributed by atoms with E-state index in [1.54, 1.807) is 0 Å². The Labute approximate surface area is 68.8 Å². The quantitative estimate of drug-likeness (QED) is 0.567. The van der Waals surface area contributed by atoms with Crippen LogP contribution in [0.1, 0.15) is 40.0 Å². The van der Waals surface area contributed by atoms with Gasteiger partial charge in [0.25, 0.3) is 0 Å². The highest BCUT2D eigenvalue weighted by atomic mass is 16.3. The fourth-order valence-electron chi connectivity index (χ4n) is 3.09. The van der Waals surface area contributed by atoms with E-state index in [0.717, 1.165) is 0 Å². The lowest BCUT2D eigenvalue weighted by molar-refractivity contribution is -0.0302. The summed E-state index contributed by atoms with van der Waals surface area (Å²) >= 11 is 0. The van der Waals surface area contributed by atoms with Crippen LogP contribution in [0.15, 0.2) is 0 Å². The fourth-order valence-corrected chi connectivity index (χ4v) is 3.09. The van der Waals surface area contributed by atoms with Crippen molar-refractivity contribution < 1.29 is 5.11 Å². The molecular formula is C10H18O. The predicted molar refractivity (Wildman–Crippen MR) is 45.2 cm³/mol. The Balaban J connectivity index is 2.36. The van der Waals surface area contributed by atoms with E-state index in [1.807, 2.05) is 0 Å². The highest BCUT2D eigenvalue weighted by Gasteiger charge is 2.59. The Hall–Kier alpha value is -0.0400. The molecule has 2 aliphatic rings. The Morgan fingerprint density at radius 2 is 1.91 bits per heavy atom. The largest absolute Gasteiger partial charge is 0.392 e. The van der Waals surface area contributed by atoms with Crippen molar-refractivity contribution in [1.29, 1.82) is 0 Å². The molecule has 0 aliphatic heterocycles. The molecule has 0 aromatic heterocycles. The average Bonchev–Trinajstić information content (AvgIpc) is 2.36. The van der Waals surface area contributed by atoms with Gasteiger partial charge in [-0.05, 0) is 36.0 Å². The summed E-state index contributed by atoms with van der Waals surface area (Å²) in [4.78, 5) is 0. The van der Waals surface area contributed by atoms with Gasteiger partial charge < -0.3 is 5.11 Å². The van der Waals surface area contributed by atoms with Crippen molar-refractivity contribution in [3.05, 3.63) is 0 Å². The topological polar surface area (TPSA) is 20.2 Å². The average molecular weight is 154 g/mol. The molecular weight excluding hydrogens is 136 g/mol. The van der Waals surface area contributed by atoms with Crippen molar-refractivity contribution in [1.82, 2.24) is 0 Å². The molecule has 0 heterocycles. The van der Waals surface area contributed by atoms with Crippen LogP contribution in [0.25, 0.3) is 0 Å². The van der Waals surface area contributed by atoms with Crippen molar-refractivity contribution in [3.63, 3.8) is 0 Å². The molecule has 1 heteroatoms. The second-order valence-corrected chi connectivity index (χ2v) is 5.23. The van der Waals surface area contributed by atoms with Gasteiger partial charge >= 0.3 is 0 Å². The van der Waals surface area contributed by atoms with E-state index in [4.69, 9.17) is 0 Å². The molecule has 3 atom stereocenters. The monoisotopic (exact) mass is 154 g/mol. The van der Waals surface area contributed by atoms with E-state index in [9.17, 15) is 5.11 Å². The molecule has 3 unspecified atom stereocenters. The molecule has 2 rings (SSSR count). The standard InChI is InChI=1S/C10H18O/c1-9(2)8(11)7-4-5-10(9,3)6-7/h7-8,11H,4-6H2,1-3H3. The Kier molecular flexibility index (Phi) is 1.26. The summed E-state index contributed by atoms with van der Waals surface area (Å²) in [7, 11) is 0. The summed E-state index contributed by atoms with van der Waals surface area (Å²) < 4.78 is 0. The summed E-state index contributed by atoms with van der Waals surface area (Å²) in [6, 6.07) is 0. The van der Waals surface area contributed by atoms with Gasteiger partial charge in [-0.1, -0.05) is 20.8 Å². The van der Waals surface area contributed by atoms with Crippen molar-refractivity contribution in [3.8, 4) is 0 Å². The molecule has 2 bridgehead atoms. The first-order valence-electron chi connectivity index (χ1n) is 4.65. The third kappa shape index (κ3) is 0.703. The van der Waals surface area contributed by atoms with Crippen LogP contribution in [-0.2, 0) is 0 Å². The molecule has 2 saturated carbocycles. The van der Waals surface area contributed by atoms with Gasteiger partial charge in [0, 0.05) is 0 Å². The molecule has 0 spiro atoms. The highest BCUT2D eigenvalue weighted by molar-refractivity contribution is 5.09. The second-order valence-electron chi connectivity index (χ2n) is 5.23. The molecule has 64 valence electrons. The molecule has 2 aliphatic carbocycles. The van der Waals surface area contributed by atoms with Gasteiger partial charge in [-0.15, -0.1) is 0 Å². The van der Waals surface area contributed by atoms with Crippen LogP contribution in [0.2, 0.25) is 0 Å². The summed E-state index contributed by atoms with van der Waals surface area (Å²) in [5.74, 6) is 0.606. The smallest absolute Gasteiger partial charge is 0.0624 e. The van der Waals surface area contributed by atoms with Gasteiger partial charge in [-0.25, -0.2) is 0 Å². The third-order valence-corrected chi connectivity index (χ3v) is 4.52. The van der Waals surface area contributed by atoms with Crippen LogP contribution >= 0.6 is 0 Å². The van der Waals surface area contributed by atoms with Crippen LogP contribution in [0, 0.1) is 16.7 Å². The number of aliphatic hydroxyl groups is 1. The number of fused-ring (bicyclic) bond motifs is 2. The Bertz CT molecular complexity index is 183. The third-order valence-electron chi connectivity index (χ3n) is 4.52. The van der Waals surface area contributed by atoms with E-state index in [-0.39, 0.29) is 11.5 Å². The highest BCUT2D eigenvalue weighted by Crippen LogP contribution is 2.63. The molecule has 2 fully saturated rings. The number of rotatable bonds is 0. The van der Waals surface area contributed by atoms with Crippen LogP contribution in [0.4, 0.5) is 0 Å². The first kappa shape index (κ1) is 7.60. The van der Waals surface area contributed by atoms with Crippen molar-refractivity contribution in [2.45, 2.75) is 46.1 Å². The minimum Gasteiger partial charge on any atom is -0.392 e. The van der Waals surface area contributed by atoms with Crippen molar-refractivity contribution >= 4 is 0 Å². The molecule has 0 aromatic rings. The maximum atomic E-state index is 9.91. The lowest BCUT2D eigenvalue weighted by Crippen LogP contribution is -2.40. The molecule has 0 aromatic carbocycles. The number of aliphatic hydroxyl groups excluding tert-OH is 1. The zero-order valence-electron chi connectivity index (χ0n) is 7.72. The van der Waals surface area contributed by atoms with E-state index in [1.165, 1.54) is 19.3 Å². The van der Waals surface area contributed by atoms with Gasteiger partial charge in [0.1, 0.15) is 0 Å². The number of hydrogen-bond donors (Lipinski definition) is 1. The second kappa shape index (κ2) is 1.82. The maximum absolute atomic E-state index is 9.91. The SMILES string of the molecule is CC12CCC(C1)C(O)C2(C)C. The van der Waals surface area contributed by atoms with Crippen molar-refractivity contribution in [2.24, 2.45) is 16.7 Å². The van der Waals surface area contributed by atoms with Gasteiger partial charge in [0.15, 0.2) is 0 Å². The van der Waals surface area contributed by atoms with Gasteiger partial charge in [0.05, 0.1) is 6.10 Å². The Morgan fingerprint density at radius 1 is 1.27 bits per heavy atom. The number of hydrogen-bond acceptors (Lipinski definition) is 1. The first-order chi connectivity index (χ1) is 4.97. The minimum atomic E-state index is -0.0405. The van der Waals surface area contributed by atoms with Gasteiger partial charge in [-0.2, -0.15) is 0 Å². The normalized spacial score (nSPS) is 53.5. The fraction of sp³-hybridized carbons (Fsp3) is 1.00. The van der Waals surface area contributed by atoms with Crippen molar-refractivity contribution in [2.75, 3.05) is 0 Å². The van der Waals surface area contributed by atoms with Crippen LogP contribution in [0.3, 0.4) is 0 Å². The van der Waals surface area contributed by atoms with E-state index >= 15 is 0 Å². The van der Waals surface area contributed by atoms with Gasteiger partial charge in [0.2, 0.25) is 0 Å². The van der Waals surface area contributed by atoms with Crippen LogP contribution in [0.5, 0.6) is 0 Å². The van der Waals surface area contributed by atoms with Crippen LogP contribution in [-0.4, -0.2) is 11.2 Å². The molecule has 11 heavy (non-hydrogen) atoms. The lowest BCUT2D eigenvalue weighted by Gasteiger charge is -2.42. The predicted octanol–water partition coefficient (Wildman–Crippen LogP) is 2.19. The first-order valence-corrected chi connectivity index (χ1v) is 4.65. The summed E-state index contributed by atoms with van der Waals surface area (Å²) in [5.41, 5.74) is 0.590.